The largest absolute Gasteiger partial charge is 0.468 e. The van der Waals surface area contributed by atoms with Crippen LogP contribution in [0.5, 0.6) is 0 Å². The maximum atomic E-state index is 11.1. The highest BCUT2D eigenvalue weighted by Gasteiger charge is 2.19. The summed E-state index contributed by atoms with van der Waals surface area (Å²) >= 11 is 3.17. The van der Waals surface area contributed by atoms with Crippen molar-refractivity contribution in [2.24, 2.45) is 0 Å². The number of aryl methyl sites for hydroxylation is 2. The minimum atomic E-state index is -0.197. The number of esters is 1. The fourth-order valence-electron chi connectivity index (χ4n) is 2.38. The highest BCUT2D eigenvalue weighted by molar-refractivity contribution is 7.99. The van der Waals surface area contributed by atoms with Gasteiger partial charge in [0.15, 0.2) is 0 Å². The molecule has 0 radical (unpaired) electrons. The van der Waals surface area contributed by atoms with Crippen LogP contribution in [0, 0.1) is 6.92 Å². The van der Waals surface area contributed by atoms with Crippen LogP contribution in [-0.4, -0.2) is 34.7 Å². The van der Waals surface area contributed by atoms with Crippen molar-refractivity contribution in [1.29, 1.82) is 0 Å². The van der Waals surface area contributed by atoms with E-state index in [1.54, 1.807) is 23.1 Å². The van der Waals surface area contributed by atoms with Gasteiger partial charge < -0.3 is 9.26 Å². The lowest BCUT2D eigenvalue weighted by Gasteiger charge is -2.00. The number of hydrogen-bond donors (Lipinski definition) is 0. The number of carbonyl (C=O) groups is 1. The number of benzene rings is 1. The van der Waals surface area contributed by atoms with Crippen molar-refractivity contribution in [2.75, 3.05) is 18.6 Å². The maximum Gasteiger partial charge on any atom is 0.315 e. The molecule has 2 aromatic heterocycles. The van der Waals surface area contributed by atoms with Gasteiger partial charge in [-0.3, -0.25) is 4.79 Å². The van der Waals surface area contributed by atoms with E-state index in [-0.39, 0.29) is 5.97 Å². The predicted octanol–water partition coefficient (Wildman–Crippen LogP) is 4.22. The molecule has 0 fully saturated rings. The van der Waals surface area contributed by atoms with Crippen molar-refractivity contribution in [2.45, 2.75) is 13.3 Å². The van der Waals surface area contributed by atoms with E-state index in [4.69, 9.17) is 9.51 Å². The number of nitrogens with zero attached hydrogens (tertiary/aromatic N) is 2. The number of thiazole rings is 1. The SMILES string of the molecule is COC(=O)CSCCc1nc(-c2c(-c3ccccc3)noc2C)cs1. The molecule has 3 rings (SSSR count). The van der Waals surface area contributed by atoms with E-state index < -0.39 is 0 Å². The van der Waals surface area contributed by atoms with E-state index in [1.807, 2.05) is 42.6 Å². The molecular formula is C18H18N2O3S2. The molecule has 0 saturated heterocycles. The van der Waals surface area contributed by atoms with Crippen LogP contribution < -0.4 is 0 Å². The molecule has 7 heteroatoms. The summed E-state index contributed by atoms with van der Waals surface area (Å²) in [6, 6.07) is 9.96. The van der Waals surface area contributed by atoms with Gasteiger partial charge >= 0.3 is 5.97 Å². The van der Waals surface area contributed by atoms with Gasteiger partial charge in [-0.05, 0) is 6.92 Å². The number of aromatic nitrogens is 2. The van der Waals surface area contributed by atoms with Crippen LogP contribution in [0.1, 0.15) is 10.8 Å². The number of rotatable bonds is 7. The summed E-state index contributed by atoms with van der Waals surface area (Å²) in [6.45, 7) is 1.90. The van der Waals surface area contributed by atoms with Crippen LogP contribution in [0.2, 0.25) is 0 Å². The summed E-state index contributed by atoms with van der Waals surface area (Å²) in [6.07, 6.45) is 0.817. The van der Waals surface area contributed by atoms with Crippen LogP contribution in [-0.2, 0) is 16.0 Å². The molecule has 130 valence electrons. The molecule has 0 amide bonds. The molecule has 25 heavy (non-hydrogen) atoms. The molecule has 0 spiro atoms. The quantitative estimate of drug-likeness (QED) is 0.456. The molecule has 0 saturated carbocycles. The van der Waals surface area contributed by atoms with E-state index in [1.165, 1.54) is 7.11 Å². The first-order valence-electron chi connectivity index (χ1n) is 7.80. The predicted molar refractivity (Wildman–Crippen MR) is 101 cm³/mol. The number of ether oxygens (including phenoxy) is 1. The number of thioether (sulfide) groups is 1. The van der Waals surface area contributed by atoms with Crippen LogP contribution in [0.4, 0.5) is 0 Å². The summed E-state index contributed by atoms with van der Waals surface area (Å²) in [5, 5.41) is 7.28. The number of hydrogen-bond acceptors (Lipinski definition) is 7. The summed E-state index contributed by atoms with van der Waals surface area (Å²) in [5.74, 6) is 1.77. The molecule has 0 unspecified atom stereocenters. The van der Waals surface area contributed by atoms with E-state index in [2.05, 4.69) is 9.89 Å². The average molecular weight is 374 g/mol. The molecule has 3 aromatic rings. The standard InChI is InChI=1S/C18H18N2O3S2/c1-12-17(18(20-23-12)13-6-4-3-5-7-13)14-10-25-15(19-14)8-9-24-11-16(21)22-2/h3-7,10H,8-9,11H2,1-2H3. The van der Waals surface area contributed by atoms with E-state index >= 15 is 0 Å². The third-order valence-electron chi connectivity index (χ3n) is 3.63. The van der Waals surface area contributed by atoms with Gasteiger partial charge in [0.25, 0.3) is 0 Å². The van der Waals surface area contributed by atoms with Gasteiger partial charge in [0.05, 0.1) is 29.1 Å². The van der Waals surface area contributed by atoms with Crippen molar-refractivity contribution in [3.05, 3.63) is 46.5 Å². The first-order chi connectivity index (χ1) is 12.2. The third kappa shape index (κ3) is 4.29. The van der Waals surface area contributed by atoms with Crippen molar-refractivity contribution in [3.63, 3.8) is 0 Å². The highest BCUT2D eigenvalue weighted by atomic mass is 32.2. The Kier molecular flexibility index (Phi) is 5.88. The van der Waals surface area contributed by atoms with Crippen LogP contribution in [0.15, 0.2) is 40.2 Å². The monoisotopic (exact) mass is 374 g/mol. The fourth-order valence-corrected chi connectivity index (χ4v) is 4.07. The third-order valence-corrected chi connectivity index (χ3v) is 5.47. The van der Waals surface area contributed by atoms with Gasteiger partial charge in [-0.1, -0.05) is 35.5 Å². The van der Waals surface area contributed by atoms with Gasteiger partial charge in [0, 0.05) is 23.1 Å². The topological polar surface area (TPSA) is 65.2 Å². The Morgan fingerprint density at radius 2 is 2.12 bits per heavy atom. The first-order valence-corrected chi connectivity index (χ1v) is 9.83. The normalized spacial score (nSPS) is 10.8. The molecule has 0 N–H and O–H groups in total. The first kappa shape index (κ1) is 17.7. The van der Waals surface area contributed by atoms with Gasteiger partial charge in [-0.25, -0.2) is 4.98 Å². The van der Waals surface area contributed by atoms with E-state index in [9.17, 15) is 4.79 Å². The Morgan fingerprint density at radius 3 is 2.88 bits per heavy atom. The molecule has 0 aliphatic heterocycles. The van der Waals surface area contributed by atoms with Gasteiger partial charge in [0.2, 0.25) is 0 Å². The molecule has 0 atom stereocenters. The van der Waals surface area contributed by atoms with Gasteiger partial charge in [-0.2, -0.15) is 0 Å². The number of carbonyl (C=O) groups excluding carboxylic acids is 1. The van der Waals surface area contributed by atoms with Crippen LogP contribution in [0.3, 0.4) is 0 Å². The summed E-state index contributed by atoms with van der Waals surface area (Å²) < 4.78 is 10.0. The molecule has 2 heterocycles. The Hall–Kier alpha value is -2.12. The highest BCUT2D eigenvalue weighted by Crippen LogP contribution is 2.34. The zero-order chi connectivity index (χ0) is 17.6. The molecule has 0 aliphatic rings. The lowest BCUT2D eigenvalue weighted by Crippen LogP contribution is -2.04. The Morgan fingerprint density at radius 1 is 1.32 bits per heavy atom. The second kappa shape index (κ2) is 8.31. The Labute approximate surface area is 154 Å². The van der Waals surface area contributed by atoms with Crippen LogP contribution in [0.25, 0.3) is 22.5 Å². The molecular weight excluding hydrogens is 356 g/mol. The second-order valence-corrected chi connectivity index (χ2v) is 7.38. The second-order valence-electron chi connectivity index (χ2n) is 5.33. The smallest absolute Gasteiger partial charge is 0.315 e. The molecule has 0 aliphatic carbocycles. The van der Waals surface area contributed by atoms with E-state index in [0.717, 1.165) is 45.5 Å². The average Bonchev–Trinajstić information content (AvgIpc) is 3.25. The van der Waals surface area contributed by atoms with Gasteiger partial charge in [0.1, 0.15) is 11.5 Å². The lowest BCUT2D eigenvalue weighted by molar-refractivity contribution is -0.137. The van der Waals surface area contributed by atoms with Crippen molar-refractivity contribution >= 4 is 29.1 Å². The van der Waals surface area contributed by atoms with E-state index in [0.29, 0.717) is 5.75 Å². The molecule has 0 bridgehead atoms. The minimum Gasteiger partial charge on any atom is -0.468 e. The summed E-state index contributed by atoms with van der Waals surface area (Å²) in [4.78, 5) is 15.8. The minimum absolute atomic E-state index is 0.197. The summed E-state index contributed by atoms with van der Waals surface area (Å²) in [5.41, 5.74) is 3.65. The van der Waals surface area contributed by atoms with Crippen LogP contribution >= 0.6 is 23.1 Å². The Balaban J connectivity index is 1.73. The summed E-state index contributed by atoms with van der Waals surface area (Å²) in [7, 11) is 1.40. The zero-order valence-corrected chi connectivity index (χ0v) is 15.7. The number of methoxy groups -OCH3 is 1. The molecule has 5 nitrogen and oxygen atoms in total. The van der Waals surface area contributed by atoms with Crippen molar-refractivity contribution in [3.8, 4) is 22.5 Å². The maximum absolute atomic E-state index is 11.1. The fraction of sp³-hybridized carbons (Fsp3) is 0.278. The zero-order valence-electron chi connectivity index (χ0n) is 14.0. The molecule has 1 aromatic carbocycles. The lowest BCUT2D eigenvalue weighted by atomic mass is 10.0. The van der Waals surface area contributed by atoms with Crippen molar-refractivity contribution < 1.29 is 14.1 Å². The van der Waals surface area contributed by atoms with Crippen molar-refractivity contribution in [1.82, 2.24) is 10.1 Å². The van der Waals surface area contributed by atoms with Gasteiger partial charge in [-0.15, -0.1) is 23.1 Å². The Bertz CT molecular complexity index is 843.